The molecule has 2 aromatic carbocycles. The molecule has 2 aromatic rings. The van der Waals surface area contributed by atoms with Crippen molar-refractivity contribution in [2.75, 3.05) is 0 Å². The smallest absolute Gasteiger partial charge is 0.267 e. The Balaban J connectivity index is 2.01. The van der Waals surface area contributed by atoms with Gasteiger partial charge in [0.05, 0.1) is 4.90 Å². The number of carbonyl (C=O) groups excluding carboxylic acids is 1. The molecule has 0 saturated heterocycles. The fourth-order valence-electron chi connectivity index (χ4n) is 2.19. The number of rotatable bonds is 4. The maximum absolute atomic E-state index is 12.7. The van der Waals surface area contributed by atoms with Gasteiger partial charge in [-0.3, -0.25) is 4.79 Å². The fraction of sp³-hybridized carbons (Fsp3) is 0.188. The van der Waals surface area contributed by atoms with Crippen LogP contribution in [0.3, 0.4) is 0 Å². The topological polar surface area (TPSA) is 54.5 Å². The molecular weight excluding hydrogens is 286 g/mol. The van der Waals surface area contributed by atoms with E-state index >= 15 is 0 Å². The SMILES string of the molecule is O=C(c1ccccc1)N(C1CC1)S(=O)(=O)c1ccccc1. The van der Waals surface area contributed by atoms with Crippen molar-refractivity contribution in [2.45, 2.75) is 23.8 Å². The molecule has 0 N–H and O–H groups in total. The minimum atomic E-state index is -3.80. The minimum Gasteiger partial charge on any atom is -0.268 e. The van der Waals surface area contributed by atoms with Crippen molar-refractivity contribution in [1.29, 1.82) is 0 Å². The number of nitrogens with zero attached hydrogens (tertiary/aromatic N) is 1. The molecule has 0 aliphatic heterocycles. The molecule has 0 unspecified atom stereocenters. The molecule has 0 bridgehead atoms. The number of carbonyl (C=O) groups is 1. The predicted octanol–water partition coefficient (Wildman–Crippen LogP) is 2.68. The minimum absolute atomic E-state index is 0.154. The first-order valence-electron chi connectivity index (χ1n) is 6.79. The third-order valence-electron chi connectivity index (χ3n) is 3.40. The summed E-state index contributed by atoms with van der Waals surface area (Å²) >= 11 is 0. The zero-order valence-corrected chi connectivity index (χ0v) is 12.2. The Morgan fingerprint density at radius 3 is 1.95 bits per heavy atom. The van der Waals surface area contributed by atoms with E-state index in [2.05, 4.69) is 0 Å². The van der Waals surface area contributed by atoms with E-state index in [1.165, 1.54) is 12.1 Å². The lowest BCUT2D eigenvalue weighted by molar-refractivity contribution is 0.0855. The molecule has 21 heavy (non-hydrogen) atoms. The van der Waals surface area contributed by atoms with Gasteiger partial charge in [0.2, 0.25) is 0 Å². The first-order valence-corrected chi connectivity index (χ1v) is 8.23. The second-order valence-electron chi connectivity index (χ2n) is 5.02. The summed E-state index contributed by atoms with van der Waals surface area (Å²) in [5.74, 6) is -0.457. The van der Waals surface area contributed by atoms with Crippen LogP contribution < -0.4 is 0 Å². The van der Waals surface area contributed by atoms with Crippen molar-refractivity contribution >= 4 is 15.9 Å². The summed E-state index contributed by atoms with van der Waals surface area (Å²) in [5.41, 5.74) is 0.393. The quantitative estimate of drug-likeness (QED) is 0.872. The zero-order valence-electron chi connectivity index (χ0n) is 11.3. The van der Waals surface area contributed by atoms with Crippen molar-refractivity contribution < 1.29 is 13.2 Å². The molecule has 1 amide bonds. The Morgan fingerprint density at radius 1 is 0.905 bits per heavy atom. The molecule has 0 radical (unpaired) electrons. The highest BCUT2D eigenvalue weighted by molar-refractivity contribution is 7.89. The standard InChI is InChI=1S/C16H15NO3S/c18-16(13-7-3-1-4-8-13)17(14-11-12-14)21(19,20)15-9-5-2-6-10-15/h1-10,14H,11-12H2. The second kappa shape index (κ2) is 5.33. The van der Waals surface area contributed by atoms with Crippen LogP contribution in [-0.4, -0.2) is 24.7 Å². The van der Waals surface area contributed by atoms with Crippen LogP contribution in [0.1, 0.15) is 23.2 Å². The van der Waals surface area contributed by atoms with Crippen LogP contribution in [0.2, 0.25) is 0 Å². The first kappa shape index (κ1) is 13.8. The van der Waals surface area contributed by atoms with E-state index in [4.69, 9.17) is 0 Å². The highest BCUT2D eigenvalue weighted by Crippen LogP contribution is 2.33. The highest BCUT2D eigenvalue weighted by atomic mass is 32.2. The maximum atomic E-state index is 12.7. The van der Waals surface area contributed by atoms with Crippen LogP contribution in [0.25, 0.3) is 0 Å². The lowest BCUT2D eigenvalue weighted by Crippen LogP contribution is -2.38. The molecule has 4 nitrogen and oxygen atoms in total. The van der Waals surface area contributed by atoms with Gasteiger partial charge in [-0.25, -0.2) is 12.7 Å². The molecule has 1 fully saturated rings. The van der Waals surface area contributed by atoms with Crippen molar-refractivity contribution in [3.63, 3.8) is 0 Å². The van der Waals surface area contributed by atoms with E-state index in [9.17, 15) is 13.2 Å². The predicted molar refractivity (Wildman–Crippen MR) is 79.3 cm³/mol. The largest absolute Gasteiger partial charge is 0.268 e. The summed E-state index contributed by atoms with van der Waals surface area (Å²) < 4.78 is 26.5. The van der Waals surface area contributed by atoms with E-state index in [0.717, 1.165) is 17.1 Å². The molecule has 0 aromatic heterocycles. The summed E-state index contributed by atoms with van der Waals surface area (Å²) in [6.07, 6.45) is 1.45. The first-order chi connectivity index (χ1) is 10.1. The van der Waals surface area contributed by atoms with Gasteiger partial charge in [0.1, 0.15) is 0 Å². The van der Waals surface area contributed by atoms with Crippen molar-refractivity contribution in [1.82, 2.24) is 4.31 Å². The van der Waals surface area contributed by atoms with Crippen LogP contribution in [0.5, 0.6) is 0 Å². The summed E-state index contributed by atoms with van der Waals surface area (Å²) in [4.78, 5) is 12.7. The molecule has 1 aliphatic carbocycles. The van der Waals surface area contributed by atoms with Gasteiger partial charge in [0.25, 0.3) is 15.9 Å². The molecule has 1 aliphatic rings. The van der Waals surface area contributed by atoms with E-state index in [-0.39, 0.29) is 10.9 Å². The average molecular weight is 301 g/mol. The summed E-state index contributed by atoms with van der Waals surface area (Å²) in [5, 5.41) is 0. The average Bonchev–Trinajstić information content (AvgIpc) is 3.33. The van der Waals surface area contributed by atoms with Gasteiger partial charge in [-0.2, -0.15) is 0 Å². The summed E-state index contributed by atoms with van der Waals surface area (Å²) in [6.45, 7) is 0. The molecule has 108 valence electrons. The molecule has 5 heteroatoms. The van der Waals surface area contributed by atoms with Crippen LogP contribution in [-0.2, 0) is 10.0 Å². The number of benzene rings is 2. The van der Waals surface area contributed by atoms with Gasteiger partial charge in [-0.05, 0) is 37.1 Å². The monoisotopic (exact) mass is 301 g/mol. The lowest BCUT2D eigenvalue weighted by atomic mass is 10.2. The zero-order chi connectivity index (χ0) is 14.9. The van der Waals surface area contributed by atoms with Gasteiger partial charge < -0.3 is 0 Å². The fourth-order valence-corrected chi connectivity index (χ4v) is 3.85. The van der Waals surface area contributed by atoms with E-state index in [0.29, 0.717) is 5.56 Å². The molecule has 1 saturated carbocycles. The Bertz CT molecular complexity index is 738. The van der Waals surface area contributed by atoms with Gasteiger partial charge in [-0.1, -0.05) is 36.4 Å². The van der Waals surface area contributed by atoms with E-state index < -0.39 is 15.9 Å². The van der Waals surface area contributed by atoms with Crippen LogP contribution >= 0.6 is 0 Å². The lowest BCUT2D eigenvalue weighted by Gasteiger charge is -2.22. The van der Waals surface area contributed by atoms with Gasteiger partial charge in [0, 0.05) is 11.6 Å². The Morgan fingerprint density at radius 2 is 1.43 bits per heavy atom. The van der Waals surface area contributed by atoms with E-state index in [1.807, 2.05) is 0 Å². The number of hydrogen-bond acceptors (Lipinski definition) is 3. The van der Waals surface area contributed by atoms with Crippen LogP contribution in [0.4, 0.5) is 0 Å². The number of hydrogen-bond donors (Lipinski definition) is 0. The van der Waals surface area contributed by atoms with Gasteiger partial charge in [-0.15, -0.1) is 0 Å². The third kappa shape index (κ3) is 2.69. The normalized spacial score (nSPS) is 14.7. The van der Waals surface area contributed by atoms with E-state index in [1.54, 1.807) is 48.5 Å². The Hall–Kier alpha value is -2.14. The maximum Gasteiger partial charge on any atom is 0.267 e. The van der Waals surface area contributed by atoms with Crippen LogP contribution in [0.15, 0.2) is 65.6 Å². The highest BCUT2D eigenvalue weighted by Gasteiger charge is 2.41. The molecular formula is C16H15NO3S. The molecule has 0 spiro atoms. The van der Waals surface area contributed by atoms with Crippen molar-refractivity contribution in [2.24, 2.45) is 0 Å². The molecule has 0 heterocycles. The third-order valence-corrected chi connectivity index (χ3v) is 5.25. The van der Waals surface area contributed by atoms with Gasteiger partial charge in [0.15, 0.2) is 0 Å². The Kier molecular flexibility index (Phi) is 3.51. The van der Waals surface area contributed by atoms with Crippen LogP contribution in [0, 0.1) is 0 Å². The van der Waals surface area contributed by atoms with Crippen molar-refractivity contribution in [3.05, 3.63) is 66.2 Å². The van der Waals surface area contributed by atoms with Gasteiger partial charge >= 0.3 is 0 Å². The summed E-state index contributed by atoms with van der Waals surface area (Å²) in [7, 11) is -3.80. The molecule has 0 atom stereocenters. The summed E-state index contributed by atoms with van der Waals surface area (Å²) in [6, 6.07) is 16.4. The Labute approximate surface area is 124 Å². The second-order valence-corrected chi connectivity index (χ2v) is 6.83. The number of sulfonamides is 1. The number of amides is 1. The molecule has 3 rings (SSSR count). The van der Waals surface area contributed by atoms with Crippen molar-refractivity contribution in [3.8, 4) is 0 Å².